The first-order valence-corrected chi connectivity index (χ1v) is 8.75. The Labute approximate surface area is 142 Å². The van der Waals surface area contributed by atoms with Crippen molar-refractivity contribution in [3.8, 4) is 11.5 Å². The number of benzene rings is 2. The number of para-hydroxylation sites is 3. The molecule has 0 saturated carbocycles. The van der Waals surface area contributed by atoms with E-state index >= 15 is 0 Å². The van der Waals surface area contributed by atoms with Gasteiger partial charge < -0.3 is 9.47 Å². The minimum atomic E-state index is -5.00. The van der Waals surface area contributed by atoms with Gasteiger partial charge in [0.25, 0.3) is 10.0 Å². The molecular formula is C16H14F3NO4S. The number of ether oxygens (including phenoxy) is 2. The van der Waals surface area contributed by atoms with E-state index in [4.69, 9.17) is 4.74 Å². The van der Waals surface area contributed by atoms with E-state index in [1.54, 1.807) is 25.1 Å². The van der Waals surface area contributed by atoms with Crippen molar-refractivity contribution in [1.29, 1.82) is 0 Å². The monoisotopic (exact) mass is 373 g/mol. The van der Waals surface area contributed by atoms with Crippen LogP contribution in [0.5, 0.6) is 11.5 Å². The van der Waals surface area contributed by atoms with Crippen LogP contribution >= 0.6 is 0 Å². The molecule has 5 nitrogen and oxygen atoms in total. The molecule has 0 radical (unpaired) electrons. The fourth-order valence-electron chi connectivity index (χ4n) is 2.62. The lowest BCUT2D eigenvalue weighted by atomic mass is 10.2. The van der Waals surface area contributed by atoms with Crippen LogP contribution in [0.2, 0.25) is 0 Å². The number of sulfonamides is 1. The van der Waals surface area contributed by atoms with Crippen LogP contribution in [-0.2, 0) is 10.0 Å². The second-order valence-corrected chi connectivity index (χ2v) is 7.21. The van der Waals surface area contributed by atoms with Crippen LogP contribution < -0.4 is 13.8 Å². The van der Waals surface area contributed by atoms with Gasteiger partial charge in [-0.15, -0.1) is 13.2 Å². The Morgan fingerprint density at radius 3 is 2.48 bits per heavy atom. The summed E-state index contributed by atoms with van der Waals surface area (Å²) in [6.45, 7) is 1.69. The normalized spacial score (nSPS) is 17.6. The van der Waals surface area contributed by atoms with Gasteiger partial charge in [-0.3, -0.25) is 4.31 Å². The molecule has 1 atom stereocenters. The molecule has 0 amide bonds. The number of nitrogens with zero attached hydrogens (tertiary/aromatic N) is 1. The fraction of sp³-hybridized carbons (Fsp3) is 0.250. The first-order chi connectivity index (χ1) is 11.7. The van der Waals surface area contributed by atoms with Gasteiger partial charge in [0.15, 0.2) is 0 Å². The first kappa shape index (κ1) is 17.4. The largest absolute Gasteiger partial charge is 0.573 e. The van der Waals surface area contributed by atoms with Gasteiger partial charge in [0, 0.05) is 0 Å². The molecular weight excluding hydrogens is 359 g/mol. The Morgan fingerprint density at radius 1 is 1.12 bits per heavy atom. The summed E-state index contributed by atoms with van der Waals surface area (Å²) in [4.78, 5) is -0.559. The summed E-state index contributed by atoms with van der Waals surface area (Å²) in [5.41, 5.74) is 0.267. The van der Waals surface area contributed by atoms with Gasteiger partial charge in [0.2, 0.25) is 0 Å². The van der Waals surface area contributed by atoms with E-state index in [0.717, 1.165) is 16.4 Å². The molecule has 0 saturated heterocycles. The molecule has 1 aliphatic rings. The first-order valence-electron chi connectivity index (χ1n) is 7.31. The zero-order valence-corrected chi connectivity index (χ0v) is 13.8. The second kappa shape index (κ2) is 6.14. The Kier molecular flexibility index (Phi) is 4.28. The smallest absolute Gasteiger partial charge is 0.489 e. The van der Waals surface area contributed by atoms with Crippen molar-refractivity contribution in [3.63, 3.8) is 0 Å². The Hall–Kier alpha value is -2.42. The maximum absolute atomic E-state index is 13.1. The standard InChI is InChI=1S/C16H14F3NO4S/c1-11-10-23-13-7-3-2-6-12(13)20(11)25(21,22)15-9-5-4-8-14(15)24-16(17,18)19/h2-9,11H,10H2,1H3. The van der Waals surface area contributed by atoms with E-state index < -0.39 is 33.1 Å². The van der Waals surface area contributed by atoms with Gasteiger partial charge in [-0.1, -0.05) is 24.3 Å². The summed E-state index contributed by atoms with van der Waals surface area (Å²) in [6, 6.07) is 10.5. The van der Waals surface area contributed by atoms with Crippen molar-refractivity contribution >= 4 is 15.7 Å². The predicted molar refractivity (Wildman–Crippen MR) is 84.2 cm³/mol. The maximum Gasteiger partial charge on any atom is 0.573 e. The molecule has 9 heteroatoms. The average Bonchev–Trinajstić information content (AvgIpc) is 2.53. The van der Waals surface area contributed by atoms with Crippen LogP contribution in [0.4, 0.5) is 18.9 Å². The lowest BCUT2D eigenvalue weighted by Gasteiger charge is -2.35. The lowest BCUT2D eigenvalue weighted by molar-refractivity contribution is -0.275. The van der Waals surface area contributed by atoms with Crippen molar-refractivity contribution < 1.29 is 31.1 Å². The number of rotatable bonds is 3. The van der Waals surface area contributed by atoms with Crippen LogP contribution in [0.3, 0.4) is 0 Å². The van der Waals surface area contributed by atoms with E-state index in [2.05, 4.69) is 4.74 Å². The van der Waals surface area contributed by atoms with E-state index in [9.17, 15) is 21.6 Å². The number of halogens is 3. The van der Waals surface area contributed by atoms with Gasteiger partial charge in [0.1, 0.15) is 23.0 Å². The molecule has 1 unspecified atom stereocenters. The number of hydrogen-bond donors (Lipinski definition) is 0. The van der Waals surface area contributed by atoms with Gasteiger partial charge in [-0.25, -0.2) is 8.42 Å². The topological polar surface area (TPSA) is 55.8 Å². The molecule has 2 aromatic carbocycles. The van der Waals surface area contributed by atoms with Crippen molar-refractivity contribution in [1.82, 2.24) is 0 Å². The number of alkyl halides is 3. The summed E-state index contributed by atoms with van der Waals surface area (Å²) in [5, 5.41) is 0. The second-order valence-electron chi connectivity index (χ2n) is 5.42. The minimum absolute atomic E-state index is 0.0819. The molecule has 1 heterocycles. The van der Waals surface area contributed by atoms with Crippen LogP contribution in [0, 0.1) is 0 Å². The van der Waals surface area contributed by atoms with Gasteiger partial charge in [0.05, 0.1) is 11.7 Å². The quantitative estimate of drug-likeness (QED) is 0.826. The lowest BCUT2D eigenvalue weighted by Crippen LogP contribution is -2.45. The minimum Gasteiger partial charge on any atom is -0.489 e. The van der Waals surface area contributed by atoms with Crippen LogP contribution in [0.25, 0.3) is 0 Å². The molecule has 0 aliphatic carbocycles. The van der Waals surface area contributed by atoms with Crippen molar-refractivity contribution in [2.45, 2.75) is 24.2 Å². The van der Waals surface area contributed by atoms with Crippen molar-refractivity contribution in [3.05, 3.63) is 48.5 Å². The Bertz CT molecular complexity index is 883. The number of hydrogen-bond acceptors (Lipinski definition) is 4. The highest BCUT2D eigenvalue weighted by molar-refractivity contribution is 7.93. The van der Waals surface area contributed by atoms with Gasteiger partial charge in [-0.2, -0.15) is 0 Å². The van der Waals surface area contributed by atoms with E-state index in [1.807, 2.05) is 0 Å². The molecule has 0 aromatic heterocycles. The van der Waals surface area contributed by atoms with Crippen LogP contribution in [0.1, 0.15) is 6.92 Å². The number of anilines is 1. The molecule has 1 aliphatic heterocycles. The highest BCUT2D eigenvalue weighted by Gasteiger charge is 2.39. The zero-order chi connectivity index (χ0) is 18.2. The van der Waals surface area contributed by atoms with E-state index in [-0.39, 0.29) is 12.3 Å². The highest BCUT2D eigenvalue weighted by Crippen LogP contribution is 2.40. The van der Waals surface area contributed by atoms with Gasteiger partial charge in [-0.05, 0) is 31.2 Å². The van der Waals surface area contributed by atoms with Crippen LogP contribution in [0.15, 0.2) is 53.4 Å². The third kappa shape index (κ3) is 3.37. The Balaban J connectivity index is 2.12. The predicted octanol–water partition coefficient (Wildman–Crippen LogP) is 3.56. The summed E-state index contributed by atoms with van der Waals surface area (Å²) >= 11 is 0. The maximum atomic E-state index is 13.1. The van der Waals surface area contributed by atoms with Crippen molar-refractivity contribution in [2.24, 2.45) is 0 Å². The van der Waals surface area contributed by atoms with E-state index in [0.29, 0.717) is 5.75 Å². The fourth-order valence-corrected chi connectivity index (χ4v) is 4.39. The molecule has 0 fully saturated rings. The van der Waals surface area contributed by atoms with Crippen molar-refractivity contribution in [2.75, 3.05) is 10.9 Å². The third-order valence-corrected chi connectivity index (χ3v) is 5.56. The molecule has 0 N–H and O–H groups in total. The molecule has 25 heavy (non-hydrogen) atoms. The Morgan fingerprint density at radius 2 is 1.76 bits per heavy atom. The van der Waals surface area contributed by atoms with E-state index in [1.165, 1.54) is 18.2 Å². The number of fused-ring (bicyclic) bond motifs is 1. The summed E-state index contributed by atoms with van der Waals surface area (Å²) in [5.74, 6) is -0.426. The summed E-state index contributed by atoms with van der Waals surface area (Å²) in [6.07, 6.45) is -5.00. The summed E-state index contributed by atoms with van der Waals surface area (Å²) in [7, 11) is -4.30. The SMILES string of the molecule is CC1COc2ccccc2N1S(=O)(=O)c1ccccc1OC(F)(F)F. The zero-order valence-electron chi connectivity index (χ0n) is 13.0. The molecule has 134 valence electrons. The average molecular weight is 373 g/mol. The third-order valence-electron chi connectivity index (χ3n) is 3.59. The summed E-state index contributed by atoms with van der Waals surface area (Å²) < 4.78 is 74.5. The van der Waals surface area contributed by atoms with Crippen LogP contribution in [-0.4, -0.2) is 27.4 Å². The molecule has 3 rings (SSSR count). The van der Waals surface area contributed by atoms with Gasteiger partial charge >= 0.3 is 6.36 Å². The molecule has 0 bridgehead atoms. The molecule has 2 aromatic rings. The highest BCUT2D eigenvalue weighted by atomic mass is 32.2. The molecule has 0 spiro atoms.